The highest BCUT2D eigenvalue weighted by Gasteiger charge is 2.19. The smallest absolute Gasteiger partial charge is 0.143 e. The molecule has 0 amide bonds. The number of nitrogens with zero attached hydrogens (tertiary/aromatic N) is 1. The van der Waals surface area contributed by atoms with E-state index >= 15 is 0 Å². The van der Waals surface area contributed by atoms with Gasteiger partial charge in [-0.25, -0.2) is 0 Å². The summed E-state index contributed by atoms with van der Waals surface area (Å²) in [6.45, 7) is 0. The van der Waals surface area contributed by atoms with Crippen LogP contribution in [-0.4, -0.2) is 0 Å². The van der Waals surface area contributed by atoms with Gasteiger partial charge in [-0.1, -0.05) is 176 Å². The van der Waals surface area contributed by atoms with E-state index in [1.165, 1.54) is 60.3 Å². The first-order valence-electron chi connectivity index (χ1n) is 21.2. The maximum absolute atomic E-state index is 6.68. The zero-order chi connectivity index (χ0) is 41.0. The molecule has 2 heteroatoms. The standard InChI is InChI=1S/C60H39NO/c1-2-14-45-37-47(24-23-40(45)11-1)42-27-33-51(34-28-42)61(50-31-25-41(26-32-50)46-16-9-17-48(38-46)53-21-10-15-43-12-3-5-18-52(43)53)58-22-8-7-19-54(58)49-30-35-56-57-36-29-44-13-4-6-20-55(44)60(57)62-59(56)39-49/h1-39H. The summed E-state index contributed by atoms with van der Waals surface area (Å²) < 4.78 is 6.68. The van der Waals surface area contributed by atoms with Gasteiger partial charge in [0, 0.05) is 33.1 Å². The number of para-hydroxylation sites is 1. The van der Waals surface area contributed by atoms with Crippen molar-refractivity contribution in [2.75, 3.05) is 4.90 Å². The summed E-state index contributed by atoms with van der Waals surface area (Å²) >= 11 is 0. The molecule has 11 aromatic carbocycles. The van der Waals surface area contributed by atoms with Crippen LogP contribution in [0.2, 0.25) is 0 Å². The van der Waals surface area contributed by atoms with Crippen LogP contribution in [0.5, 0.6) is 0 Å². The Morgan fingerprint density at radius 1 is 0.274 bits per heavy atom. The van der Waals surface area contributed by atoms with Crippen LogP contribution in [0.25, 0.3) is 98.8 Å². The molecule has 0 aliphatic heterocycles. The highest BCUT2D eigenvalue weighted by molar-refractivity contribution is 6.15. The van der Waals surface area contributed by atoms with Crippen LogP contribution in [-0.2, 0) is 0 Å². The van der Waals surface area contributed by atoms with Gasteiger partial charge in [0.15, 0.2) is 0 Å². The van der Waals surface area contributed by atoms with Crippen LogP contribution in [0.3, 0.4) is 0 Å². The largest absolute Gasteiger partial charge is 0.455 e. The molecule has 1 aromatic heterocycles. The lowest BCUT2D eigenvalue weighted by Crippen LogP contribution is -2.11. The molecule has 0 aliphatic carbocycles. The van der Waals surface area contributed by atoms with Gasteiger partial charge in [0.2, 0.25) is 0 Å². The minimum atomic E-state index is 0.880. The summed E-state index contributed by atoms with van der Waals surface area (Å²) in [5.74, 6) is 0. The van der Waals surface area contributed by atoms with Crippen molar-refractivity contribution < 1.29 is 4.42 Å². The van der Waals surface area contributed by atoms with Crippen LogP contribution < -0.4 is 4.90 Å². The van der Waals surface area contributed by atoms with Gasteiger partial charge < -0.3 is 9.32 Å². The van der Waals surface area contributed by atoms with Crippen molar-refractivity contribution in [2.45, 2.75) is 0 Å². The third-order valence-corrected chi connectivity index (χ3v) is 12.4. The van der Waals surface area contributed by atoms with Crippen molar-refractivity contribution in [3.8, 4) is 44.5 Å². The van der Waals surface area contributed by atoms with Crippen molar-refractivity contribution in [1.29, 1.82) is 0 Å². The first-order valence-corrected chi connectivity index (χ1v) is 21.2. The Hall–Kier alpha value is -8.20. The van der Waals surface area contributed by atoms with Crippen molar-refractivity contribution in [3.63, 3.8) is 0 Å². The van der Waals surface area contributed by atoms with E-state index in [-0.39, 0.29) is 0 Å². The number of furan rings is 1. The van der Waals surface area contributed by atoms with Gasteiger partial charge in [0.1, 0.15) is 11.2 Å². The molecule has 0 saturated carbocycles. The van der Waals surface area contributed by atoms with Gasteiger partial charge >= 0.3 is 0 Å². The van der Waals surface area contributed by atoms with Gasteiger partial charge in [-0.2, -0.15) is 0 Å². The average Bonchev–Trinajstić information content (AvgIpc) is 3.73. The SMILES string of the molecule is c1cc(-c2ccc(N(c3ccc(-c4ccc5ccccc5c4)cc3)c3ccccc3-c3ccc4c(c3)oc3c5ccccc5ccc43)cc2)cc(-c2cccc3ccccc23)c1. The molecule has 0 N–H and O–H groups in total. The fraction of sp³-hybridized carbons (Fsp3) is 0. The van der Waals surface area contributed by atoms with E-state index in [1.54, 1.807) is 0 Å². The van der Waals surface area contributed by atoms with Gasteiger partial charge in [-0.05, 0) is 127 Å². The second-order valence-corrected chi connectivity index (χ2v) is 16.1. The predicted molar refractivity (Wildman–Crippen MR) is 263 cm³/mol. The quantitative estimate of drug-likeness (QED) is 0.160. The van der Waals surface area contributed by atoms with Gasteiger partial charge in [-0.15, -0.1) is 0 Å². The summed E-state index contributed by atoms with van der Waals surface area (Å²) in [4.78, 5) is 2.38. The van der Waals surface area contributed by atoms with Crippen LogP contribution in [0, 0.1) is 0 Å². The summed E-state index contributed by atoms with van der Waals surface area (Å²) in [6, 6.07) is 85.5. The lowest BCUT2D eigenvalue weighted by Gasteiger charge is -2.28. The number of anilines is 3. The number of hydrogen-bond acceptors (Lipinski definition) is 2. The molecule has 0 atom stereocenters. The molecular formula is C60H39NO. The monoisotopic (exact) mass is 789 g/mol. The number of hydrogen-bond donors (Lipinski definition) is 0. The van der Waals surface area contributed by atoms with Crippen molar-refractivity contribution in [3.05, 3.63) is 237 Å². The zero-order valence-electron chi connectivity index (χ0n) is 33.9. The Bertz CT molecular complexity index is 3630. The van der Waals surface area contributed by atoms with Crippen LogP contribution in [0.1, 0.15) is 0 Å². The lowest BCUT2D eigenvalue weighted by atomic mass is 9.95. The molecule has 0 saturated heterocycles. The zero-order valence-corrected chi connectivity index (χ0v) is 33.9. The predicted octanol–water partition coefficient (Wildman–Crippen LogP) is 17.2. The van der Waals surface area contributed by atoms with Gasteiger partial charge in [-0.3, -0.25) is 0 Å². The maximum Gasteiger partial charge on any atom is 0.143 e. The van der Waals surface area contributed by atoms with Crippen LogP contribution in [0.15, 0.2) is 241 Å². The molecule has 2 nitrogen and oxygen atoms in total. The normalized spacial score (nSPS) is 11.5. The molecule has 12 aromatic rings. The average molecular weight is 790 g/mol. The summed E-state index contributed by atoms with van der Waals surface area (Å²) in [5.41, 5.74) is 14.4. The van der Waals surface area contributed by atoms with Crippen LogP contribution >= 0.6 is 0 Å². The van der Waals surface area contributed by atoms with Crippen molar-refractivity contribution in [1.82, 2.24) is 0 Å². The Morgan fingerprint density at radius 3 is 1.58 bits per heavy atom. The minimum absolute atomic E-state index is 0.880. The molecule has 0 radical (unpaired) electrons. The molecule has 0 fully saturated rings. The van der Waals surface area contributed by atoms with E-state index in [0.29, 0.717) is 0 Å². The van der Waals surface area contributed by atoms with Crippen LogP contribution in [0.4, 0.5) is 17.1 Å². The van der Waals surface area contributed by atoms with Crippen molar-refractivity contribution >= 4 is 71.3 Å². The Morgan fingerprint density at radius 2 is 0.790 bits per heavy atom. The van der Waals surface area contributed by atoms with Gasteiger partial charge in [0.25, 0.3) is 0 Å². The molecule has 290 valence electrons. The maximum atomic E-state index is 6.68. The molecule has 62 heavy (non-hydrogen) atoms. The number of benzene rings is 11. The van der Waals surface area contributed by atoms with E-state index in [4.69, 9.17) is 4.42 Å². The highest BCUT2D eigenvalue weighted by Crippen LogP contribution is 2.44. The summed E-state index contributed by atoms with van der Waals surface area (Å²) in [5, 5.41) is 9.55. The summed E-state index contributed by atoms with van der Waals surface area (Å²) in [7, 11) is 0. The lowest BCUT2D eigenvalue weighted by molar-refractivity contribution is 0.673. The third-order valence-electron chi connectivity index (χ3n) is 12.4. The van der Waals surface area contributed by atoms with Crippen molar-refractivity contribution in [2.24, 2.45) is 0 Å². The second-order valence-electron chi connectivity index (χ2n) is 16.1. The topological polar surface area (TPSA) is 16.4 Å². The molecular weight excluding hydrogens is 751 g/mol. The van der Waals surface area contributed by atoms with Gasteiger partial charge in [0.05, 0.1) is 5.69 Å². The van der Waals surface area contributed by atoms with E-state index in [2.05, 4.69) is 241 Å². The molecule has 0 unspecified atom stereocenters. The fourth-order valence-electron chi connectivity index (χ4n) is 9.33. The molecule has 12 rings (SSSR count). The number of fused-ring (bicyclic) bond motifs is 7. The fourth-order valence-corrected chi connectivity index (χ4v) is 9.33. The summed E-state index contributed by atoms with van der Waals surface area (Å²) in [6.07, 6.45) is 0. The third kappa shape index (κ3) is 6.20. The highest BCUT2D eigenvalue weighted by atomic mass is 16.3. The minimum Gasteiger partial charge on any atom is -0.455 e. The van der Waals surface area contributed by atoms with E-state index in [9.17, 15) is 0 Å². The second kappa shape index (κ2) is 14.8. The van der Waals surface area contributed by atoms with E-state index in [0.717, 1.165) is 55.5 Å². The van der Waals surface area contributed by atoms with E-state index in [1.807, 2.05) is 0 Å². The van der Waals surface area contributed by atoms with E-state index < -0.39 is 0 Å². The molecule has 1 heterocycles. The Balaban J connectivity index is 0.964. The number of rotatable bonds is 7. The Labute approximate surface area is 360 Å². The first-order chi connectivity index (χ1) is 30.7. The molecule has 0 aliphatic rings. The molecule has 0 spiro atoms. The molecule has 0 bridgehead atoms. The first kappa shape index (κ1) is 35.7. The Kier molecular flexibility index (Phi) is 8.53.